The molecule has 0 spiro atoms. The van der Waals surface area contributed by atoms with Crippen LogP contribution in [0.25, 0.3) is 22.3 Å². The second-order valence-electron chi connectivity index (χ2n) is 6.26. The van der Waals surface area contributed by atoms with Crippen molar-refractivity contribution >= 4 is 22.6 Å². The quantitative estimate of drug-likeness (QED) is 0.591. The summed E-state index contributed by atoms with van der Waals surface area (Å²) in [5.41, 5.74) is 3.39. The molecule has 0 aliphatic carbocycles. The Morgan fingerprint density at radius 3 is 2.52 bits per heavy atom. The molecule has 4 rings (SSSR count). The van der Waals surface area contributed by atoms with Gasteiger partial charge >= 0.3 is 0 Å². The van der Waals surface area contributed by atoms with Crippen LogP contribution in [-0.4, -0.2) is 20.7 Å². The number of para-hydroxylation sites is 1. The molecule has 2 heterocycles. The lowest BCUT2D eigenvalue weighted by atomic mass is 10.0. The lowest BCUT2D eigenvalue weighted by Crippen LogP contribution is -2.14. The second-order valence-corrected chi connectivity index (χ2v) is 6.26. The molecule has 0 fully saturated rings. The maximum absolute atomic E-state index is 14.0. The van der Waals surface area contributed by atoms with Gasteiger partial charge in [-0.2, -0.15) is 5.10 Å². The van der Waals surface area contributed by atoms with Gasteiger partial charge < -0.3 is 5.32 Å². The molecule has 6 heteroatoms. The van der Waals surface area contributed by atoms with Crippen molar-refractivity contribution in [3.63, 3.8) is 0 Å². The number of benzene rings is 2. The monoisotopic (exact) mass is 360 g/mol. The maximum atomic E-state index is 14.0. The number of carbonyl (C=O) groups excluding carboxylic acids is 1. The first kappa shape index (κ1) is 16.9. The van der Waals surface area contributed by atoms with Crippen LogP contribution in [-0.2, 0) is 7.05 Å². The zero-order valence-corrected chi connectivity index (χ0v) is 14.9. The zero-order valence-electron chi connectivity index (χ0n) is 14.9. The van der Waals surface area contributed by atoms with E-state index in [0.717, 1.165) is 5.56 Å². The second kappa shape index (κ2) is 6.64. The van der Waals surface area contributed by atoms with Gasteiger partial charge in [-0.25, -0.2) is 9.37 Å². The number of anilines is 1. The number of nitrogens with one attached hydrogen (secondary N) is 1. The van der Waals surface area contributed by atoms with Gasteiger partial charge in [-0.05, 0) is 25.1 Å². The minimum atomic E-state index is -0.484. The first-order valence-corrected chi connectivity index (χ1v) is 8.50. The van der Waals surface area contributed by atoms with E-state index < -0.39 is 11.7 Å². The number of aryl methyl sites for hydroxylation is 2. The van der Waals surface area contributed by atoms with Crippen LogP contribution in [0.4, 0.5) is 10.1 Å². The Morgan fingerprint density at radius 2 is 1.78 bits per heavy atom. The van der Waals surface area contributed by atoms with E-state index in [2.05, 4.69) is 15.4 Å². The number of nitrogens with zero attached hydrogens (tertiary/aromatic N) is 3. The van der Waals surface area contributed by atoms with E-state index >= 15 is 0 Å². The van der Waals surface area contributed by atoms with Gasteiger partial charge in [0.05, 0.1) is 28.0 Å². The normalized spacial score (nSPS) is 10.9. The summed E-state index contributed by atoms with van der Waals surface area (Å²) >= 11 is 0. The van der Waals surface area contributed by atoms with Crippen LogP contribution >= 0.6 is 0 Å². The van der Waals surface area contributed by atoms with E-state index in [1.165, 1.54) is 12.1 Å². The zero-order chi connectivity index (χ0) is 19.0. The van der Waals surface area contributed by atoms with Crippen molar-refractivity contribution in [3.05, 3.63) is 77.7 Å². The fourth-order valence-corrected chi connectivity index (χ4v) is 3.13. The summed E-state index contributed by atoms with van der Waals surface area (Å²) in [5, 5.41) is 7.71. The third-order valence-corrected chi connectivity index (χ3v) is 4.40. The molecule has 0 unspecified atom stereocenters. The number of rotatable bonds is 3. The van der Waals surface area contributed by atoms with Gasteiger partial charge in [0.15, 0.2) is 5.65 Å². The minimum absolute atomic E-state index is 0.135. The largest absolute Gasteiger partial charge is 0.319 e. The third-order valence-electron chi connectivity index (χ3n) is 4.40. The molecule has 2 aromatic heterocycles. The van der Waals surface area contributed by atoms with E-state index in [1.54, 1.807) is 29.9 Å². The highest BCUT2D eigenvalue weighted by Gasteiger charge is 2.20. The molecule has 0 saturated heterocycles. The molecule has 0 radical (unpaired) electrons. The Labute approximate surface area is 155 Å². The van der Waals surface area contributed by atoms with E-state index in [0.29, 0.717) is 28.0 Å². The van der Waals surface area contributed by atoms with Gasteiger partial charge in [-0.3, -0.25) is 9.48 Å². The average Bonchev–Trinajstić information content (AvgIpc) is 2.97. The fourth-order valence-electron chi connectivity index (χ4n) is 3.13. The summed E-state index contributed by atoms with van der Waals surface area (Å²) in [6, 6.07) is 17.4. The highest BCUT2D eigenvalue weighted by Crippen LogP contribution is 2.27. The van der Waals surface area contributed by atoms with E-state index in [1.807, 2.05) is 37.3 Å². The van der Waals surface area contributed by atoms with Crippen LogP contribution in [0.15, 0.2) is 60.7 Å². The molecule has 0 aliphatic rings. The number of hydrogen-bond donors (Lipinski definition) is 1. The molecule has 4 aromatic rings. The van der Waals surface area contributed by atoms with Crippen molar-refractivity contribution in [2.24, 2.45) is 7.05 Å². The first-order chi connectivity index (χ1) is 13.0. The number of aromatic nitrogens is 3. The van der Waals surface area contributed by atoms with Crippen LogP contribution in [0.1, 0.15) is 16.1 Å². The van der Waals surface area contributed by atoms with Crippen molar-refractivity contribution < 1.29 is 9.18 Å². The fraction of sp³-hybridized carbons (Fsp3) is 0.0952. The van der Waals surface area contributed by atoms with Gasteiger partial charge in [-0.15, -0.1) is 0 Å². The molecular formula is C21H17FN4O. The minimum Gasteiger partial charge on any atom is -0.319 e. The van der Waals surface area contributed by atoms with Crippen LogP contribution in [0.5, 0.6) is 0 Å². The molecular weight excluding hydrogens is 343 g/mol. The molecule has 1 amide bonds. The number of pyridine rings is 1. The van der Waals surface area contributed by atoms with Gasteiger partial charge in [0.1, 0.15) is 5.82 Å². The maximum Gasteiger partial charge on any atom is 0.256 e. The van der Waals surface area contributed by atoms with Gasteiger partial charge in [0.2, 0.25) is 0 Å². The van der Waals surface area contributed by atoms with E-state index in [9.17, 15) is 9.18 Å². The van der Waals surface area contributed by atoms with E-state index in [-0.39, 0.29) is 5.69 Å². The van der Waals surface area contributed by atoms with Gasteiger partial charge in [0, 0.05) is 12.6 Å². The summed E-state index contributed by atoms with van der Waals surface area (Å²) in [4.78, 5) is 17.7. The van der Waals surface area contributed by atoms with Gasteiger partial charge in [-0.1, -0.05) is 42.5 Å². The highest BCUT2D eigenvalue weighted by molar-refractivity contribution is 6.13. The molecule has 2 aromatic carbocycles. The van der Waals surface area contributed by atoms with Crippen molar-refractivity contribution in [2.75, 3.05) is 5.32 Å². The molecule has 27 heavy (non-hydrogen) atoms. The molecule has 0 aliphatic heterocycles. The lowest BCUT2D eigenvalue weighted by molar-refractivity contribution is 0.102. The number of halogens is 1. The molecule has 5 nitrogen and oxygen atoms in total. The van der Waals surface area contributed by atoms with Crippen LogP contribution in [0.3, 0.4) is 0 Å². The molecule has 1 N–H and O–H groups in total. The van der Waals surface area contributed by atoms with E-state index in [4.69, 9.17) is 0 Å². The smallest absolute Gasteiger partial charge is 0.256 e. The van der Waals surface area contributed by atoms with Crippen molar-refractivity contribution in [1.82, 2.24) is 14.8 Å². The lowest BCUT2D eigenvalue weighted by Gasteiger charge is -2.10. The first-order valence-electron chi connectivity index (χ1n) is 8.50. The number of hydrogen-bond acceptors (Lipinski definition) is 3. The van der Waals surface area contributed by atoms with Gasteiger partial charge in [0.25, 0.3) is 5.91 Å². The number of amides is 1. The summed E-state index contributed by atoms with van der Waals surface area (Å²) in [7, 11) is 1.79. The van der Waals surface area contributed by atoms with Crippen LogP contribution in [0, 0.1) is 12.7 Å². The Kier molecular flexibility index (Phi) is 4.16. The third kappa shape index (κ3) is 3.06. The van der Waals surface area contributed by atoms with Crippen LogP contribution < -0.4 is 5.32 Å². The predicted molar refractivity (Wildman–Crippen MR) is 103 cm³/mol. The van der Waals surface area contributed by atoms with Crippen molar-refractivity contribution in [1.29, 1.82) is 0 Å². The Bertz CT molecular complexity index is 1150. The Balaban J connectivity index is 1.88. The highest BCUT2D eigenvalue weighted by atomic mass is 19.1. The summed E-state index contributed by atoms with van der Waals surface area (Å²) < 4.78 is 15.6. The summed E-state index contributed by atoms with van der Waals surface area (Å²) in [5.74, 6) is -0.886. The van der Waals surface area contributed by atoms with Crippen molar-refractivity contribution in [3.8, 4) is 11.3 Å². The standard InChI is InChI=1S/C21H17FN4O/c1-13-19-15(21(27)24-17-11-7-6-10-16(17)22)12-18(14-8-4-3-5-9-14)23-20(19)26(2)25-13/h3-12H,1-2H3,(H,24,27). The van der Waals surface area contributed by atoms with Crippen LogP contribution in [0.2, 0.25) is 0 Å². The number of fused-ring (bicyclic) bond motifs is 1. The summed E-state index contributed by atoms with van der Waals surface area (Å²) in [6.45, 7) is 1.83. The molecule has 0 bridgehead atoms. The topological polar surface area (TPSA) is 59.8 Å². The molecule has 134 valence electrons. The Hall–Kier alpha value is -3.54. The predicted octanol–water partition coefficient (Wildman–Crippen LogP) is 4.34. The van der Waals surface area contributed by atoms with Crippen molar-refractivity contribution in [2.45, 2.75) is 6.92 Å². The molecule has 0 atom stereocenters. The molecule has 0 saturated carbocycles. The Morgan fingerprint density at radius 1 is 1.07 bits per heavy atom. The average molecular weight is 360 g/mol. The SMILES string of the molecule is Cc1nn(C)c2nc(-c3ccccc3)cc(C(=O)Nc3ccccc3F)c12. The summed E-state index contributed by atoms with van der Waals surface area (Å²) in [6.07, 6.45) is 0. The number of carbonyl (C=O) groups is 1.